The van der Waals surface area contributed by atoms with Crippen LogP contribution in [0.5, 0.6) is 0 Å². The molecule has 1 aromatic carbocycles. The van der Waals surface area contributed by atoms with Gasteiger partial charge < -0.3 is 10.0 Å². The Balaban J connectivity index is 2.49. The van der Waals surface area contributed by atoms with Crippen LogP contribution in [0.25, 0.3) is 0 Å². The van der Waals surface area contributed by atoms with Gasteiger partial charge in [0.1, 0.15) is 0 Å². The smallest absolute Gasteiger partial charge is 0.308 e. The van der Waals surface area contributed by atoms with Crippen molar-refractivity contribution in [2.45, 2.75) is 32.7 Å². The number of aliphatic carboxylic acids is 1. The van der Waals surface area contributed by atoms with E-state index in [0.29, 0.717) is 19.4 Å². The van der Waals surface area contributed by atoms with Crippen LogP contribution in [0.1, 0.15) is 36.9 Å². The highest BCUT2D eigenvalue weighted by molar-refractivity contribution is 9.10. The topological polar surface area (TPSA) is 57.6 Å². The molecule has 4 nitrogen and oxygen atoms in total. The second kappa shape index (κ2) is 5.95. The van der Waals surface area contributed by atoms with Crippen LogP contribution in [0.3, 0.4) is 0 Å². The molecule has 0 radical (unpaired) electrons. The Hall–Kier alpha value is -1.36. The lowest BCUT2D eigenvalue weighted by Crippen LogP contribution is -2.45. The van der Waals surface area contributed by atoms with Gasteiger partial charge >= 0.3 is 5.97 Å². The minimum Gasteiger partial charge on any atom is -0.481 e. The van der Waals surface area contributed by atoms with E-state index in [9.17, 15) is 14.7 Å². The van der Waals surface area contributed by atoms with Gasteiger partial charge in [-0.2, -0.15) is 0 Å². The van der Waals surface area contributed by atoms with Gasteiger partial charge in [-0.05, 0) is 37.5 Å². The molecule has 1 aliphatic rings. The van der Waals surface area contributed by atoms with Crippen molar-refractivity contribution >= 4 is 27.8 Å². The number of carboxylic acids is 1. The maximum absolute atomic E-state index is 12.1. The molecule has 5 heteroatoms. The average molecular weight is 340 g/mol. The third kappa shape index (κ3) is 2.73. The van der Waals surface area contributed by atoms with Gasteiger partial charge in [0.15, 0.2) is 0 Å². The number of aryl methyl sites for hydroxylation is 1. The van der Waals surface area contributed by atoms with E-state index >= 15 is 0 Å². The first-order chi connectivity index (χ1) is 9.45. The molecular weight excluding hydrogens is 322 g/mol. The molecule has 0 bridgehead atoms. The van der Waals surface area contributed by atoms with E-state index in [-0.39, 0.29) is 5.91 Å². The van der Waals surface area contributed by atoms with Gasteiger partial charge in [0.2, 0.25) is 5.91 Å². The monoisotopic (exact) mass is 339 g/mol. The first kappa shape index (κ1) is 15.0. The van der Waals surface area contributed by atoms with Gasteiger partial charge in [-0.1, -0.05) is 28.1 Å². The van der Waals surface area contributed by atoms with Crippen LogP contribution in [0.15, 0.2) is 22.7 Å². The third-order valence-electron chi connectivity index (χ3n) is 3.84. The Morgan fingerprint density at radius 1 is 1.50 bits per heavy atom. The van der Waals surface area contributed by atoms with Gasteiger partial charge in [-0.25, -0.2) is 0 Å². The van der Waals surface area contributed by atoms with Crippen molar-refractivity contribution in [3.63, 3.8) is 0 Å². The minimum absolute atomic E-state index is 0.0301. The Morgan fingerprint density at radius 2 is 2.20 bits per heavy atom. The zero-order valence-corrected chi connectivity index (χ0v) is 13.2. The summed E-state index contributed by atoms with van der Waals surface area (Å²) in [6.45, 7) is 4.39. The van der Waals surface area contributed by atoms with E-state index in [1.807, 2.05) is 32.0 Å². The Bertz CT molecular complexity index is 542. The maximum atomic E-state index is 12.1. The molecule has 2 atom stereocenters. The van der Waals surface area contributed by atoms with Crippen LogP contribution in [-0.2, 0) is 9.59 Å². The molecule has 0 aromatic heterocycles. The molecular formula is C15H18BrNO3. The number of carboxylic acid groups (broad SMARTS) is 1. The zero-order valence-electron chi connectivity index (χ0n) is 11.6. The highest BCUT2D eigenvalue weighted by Gasteiger charge is 2.40. The fourth-order valence-corrected chi connectivity index (χ4v) is 3.57. The summed E-state index contributed by atoms with van der Waals surface area (Å²) in [6.07, 6.45) is 0.709. The summed E-state index contributed by atoms with van der Waals surface area (Å²) in [5.74, 6) is -1.36. The molecule has 20 heavy (non-hydrogen) atoms. The number of carbonyl (C=O) groups excluding carboxylic acids is 1. The normalized spacial score (nSPS) is 22.9. The van der Waals surface area contributed by atoms with E-state index in [0.717, 1.165) is 15.6 Å². The lowest BCUT2D eigenvalue weighted by Gasteiger charge is -2.39. The molecule has 0 aliphatic carbocycles. The molecule has 1 aromatic rings. The maximum Gasteiger partial charge on any atom is 0.308 e. The third-order valence-corrected chi connectivity index (χ3v) is 4.53. The summed E-state index contributed by atoms with van der Waals surface area (Å²) in [5.41, 5.74) is 1.97. The molecule has 1 fully saturated rings. The fraction of sp³-hybridized carbons (Fsp3) is 0.467. The zero-order chi connectivity index (χ0) is 14.9. The highest BCUT2D eigenvalue weighted by atomic mass is 79.9. The Morgan fingerprint density at radius 3 is 2.75 bits per heavy atom. The number of amides is 1. The minimum atomic E-state index is -0.839. The van der Waals surface area contributed by atoms with Gasteiger partial charge in [-0.15, -0.1) is 0 Å². The molecule has 1 aliphatic heterocycles. The molecule has 2 unspecified atom stereocenters. The van der Waals surface area contributed by atoms with E-state index in [2.05, 4.69) is 15.9 Å². The van der Waals surface area contributed by atoms with Crippen LogP contribution < -0.4 is 0 Å². The number of piperidine rings is 1. The molecule has 0 saturated carbocycles. The first-order valence-corrected chi connectivity index (χ1v) is 7.53. The molecule has 1 N–H and O–H groups in total. The number of halogens is 1. The second-order valence-corrected chi connectivity index (χ2v) is 5.99. The van der Waals surface area contributed by atoms with E-state index in [1.165, 1.54) is 0 Å². The van der Waals surface area contributed by atoms with Crippen LogP contribution in [0, 0.1) is 12.8 Å². The SMILES string of the molecule is CCN1C(=O)CCC(C(=O)O)C1c1ccc(C)cc1Br. The van der Waals surface area contributed by atoms with E-state index in [1.54, 1.807) is 4.90 Å². The number of rotatable bonds is 3. The summed E-state index contributed by atoms with van der Waals surface area (Å²) in [6, 6.07) is 5.43. The second-order valence-electron chi connectivity index (χ2n) is 5.13. The lowest BCUT2D eigenvalue weighted by atomic mass is 9.84. The van der Waals surface area contributed by atoms with Crippen molar-refractivity contribution in [3.05, 3.63) is 33.8 Å². The van der Waals surface area contributed by atoms with Crippen molar-refractivity contribution in [2.75, 3.05) is 6.54 Å². The van der Waals surface area contributed by atoms with Crippen molar-refractivity contribution in [1.29, 1.82) is 0 Å². The van der Waals surface area contributed by atoms with Crippen LogP contribution >= 0.6 is 15.9 Å². The van der Waals surface area contributed by atoms with E-state index < -0.39 is 17.9 Å². The predicted molar refractivity (Wildman–Crippen MR) is 79.4 cm³/mol. The largest absolute Gasteiger partial charge is 0.481 e. The first-order valence-electron chi connectivity index (χ1n) is 6.74. The van der Waals surface area contributed by atoms with Crippen molar-refractivity contribution < 1.29 is 14.7 Å². The summed E-state index contributed by atoms with van der Waals surface area (Å²) >= 11 is 3.50. The molecule has 2 rings (SSSR count). The number of benzene rings is 1. The standard InChI is InChI=1S/C15H18BrNO3/c1-3-17-13(18)7-6-11(15(19)20)14(17)10-5-4-9(2)8-12(10)16/h4-5,8,11,14H,3,6-7H2,1-2H3,(H,19,20). The van der Waals surface area contributed by atoms with Gasteiger partial charge in [0, 0.05) is 17.4 Å². The predicted octanol–water partition coefficient (Wildman–Crippen LogP) is 3.14. The van der Waals surface area contributed by atoms with E-state index in [4.69, 9.17) is 0 Å². The average Bonchev–Trinajstić information content (AvgIpc) is 2.38. The number of hydrogen-bond donors (Lipinski definition) is 1. The molecule has 0 spiro atoms. The molecule has 1 amide bonds. The number of carbonyl (C=O) groups is 2. The summed E-state index contributed by atoms with van der Waals surface area (Å²) in [5, 5.41) is 9.46. The summed E-state index contributed by atoms with van der Waals surface area (Å²) < 4.78 is 0.863. The van der Waals surface area contributed by atoms with Crippen molar-refractivity contribution in [3.8, 4) is 0 Å². The van der Waals surface area contributed by atoms with Crippen LogP contribution in [0.2, 0.25) is 0 Å². The quantitative estimate of drug-likeness (QED) is 0.920. The fourth-order valence-electron chi connectivity index (χ4n) is 2.84. The van der Waals surface area contributed by atoms with Gasteiger partial charge in [0.05, 0.1) is 12.0 Å². The van der Waals surface area contributed by atoms with Crippen LogP contribution in [-0.4, -0.2) is 28.4 Å². The number of hydrogen-bond acceptors (Lipinski definition) is 2. The van der Waals surface area contributed by atoms with Crippen molar-refractivity contribution in [2.24, 2.45) is 5.92 Å². The van der Waals surface area contributed by atoms with Gasteiger partial charge in [-0.3, -0.25) is 9.59 Å². The highest BCUT2D eigenvalue weighted by Crippen LogP contribution is 2.39. The van der Waals surface area contributed by atoms with Crippen LogP contribution in [0.4, 0.5) is 0 Å². The number of likely N-dealkylation sites (tertiary alicyclic amines) is 1. The molecule has 1 saturated heterocycles. The van der Waals surface area contributed by atoms with Crippen molar-refractivity contribution in [1.82, 2.24) is 4.90 Å². The molecule has 108 valence electrons. The molecule has 1 heterocycles. The summed E-state index contributed by atoms with van der Waals surface area (Å²) in [4.78, 5) is 25.3. The lowest BCUT2D eigenvalue weighted by molar-refractivity contribution is -0.151. The Labute approximate surface area is 126 Å². The Kier molecular flexibility index (Phi) is 4.48. The number of nitrogens with zero attached hydrogens (tertiary/aromatic N) is 1. The van der Waals surface area contributed by atoms with Gasteiger partial charge in [0.25, 0.3) is 0 Å². The summed E-state index contributed by atoms with van der Waals surface area (Å²) in [7, 11) is 0.